The molecule has 25 heavy (non-hydrogen) atoms. The Hall–Kier alpha value is -2.89. The molecule has 132 valence electrons. The first kappa shape index (κ1) is 18.4. The number of carboxylic acid groups (broad SMARTS) is 1. The summed E-state index contributed by atoms with van der Waals surface area (Å²) >= 11 is 0. The van der Waals surface area contributed by atoms with Crippen molar-refractivity contribution in [2.45, 2.75) is 38.8 Å². The van der Waals surface area contributed by atoms with Gasteiger partial charge < -0.3 is 15.2 Å². The highest BCUT2D eigenvalue weighted by atomic mass is 16.5. The molecule has 0 fully saturated rings. The molecule has 6 nitrogen and oxygen atoms in total. The number of nitrogens with one attached hydrogen (secondary N) is 1. The molecule has 6 heteroatoms. The Morgan fingerprint density at radius 2 is 1.84 bits per heavy atom. The highest BCUT2D eigenvalue weighted by Crippen LogP contribution is 2.14. The van der Waals surface area contributed by atoms with Crippen molar-refractivity contribution in [3.8, 4) is 5.75 Å². The van der Waals surface area contributed by atoms with Crippen LogP contribution in [-0.4, -0.2) is 28.0 Å². The summed E-state index contributed by atoms with van der Waals surface area (Å²) in [5.74, 6) is -0.780. The average molecular weight is 342 g/mol. The molecule has 0 saturated carbocycles. The number of carboxylic acids is 1. The number of aromatic nitrogens is 1. The van der Waals surface area contributed by atoms with Gasteiger partial charge in [-0.05, 0) is 48.4 Å². The number of benzene rings is 1. The van der Waals surface area contributed by atoms with Gasteiger partial charge in [0, 0.05) is 18.0 Å². The Morgan fingerprint density at radius 3 is 2.44 bits per heavy atom. The first-order chi connectivity index (χ1) is 12.1. The first-order valence-corrected chi connectivity index (χ1v) is 8.25. The molecule has 0 unspecified atom stereocenters. The molecule has 0 bridgehead atoms. The van der Waals surface area contributed by atoms with Crippen molar-refractivity contribution < 1.29 is 19.4 Å². The Balaban J connectivity index is 1.91. The monoisotopic (exact) mass is 342 g/mol. The standard InChI is InChI=1S/C19H22N2O4/c1-2-3-4-17(19(23)24)21-18(22)15-5-7-16(8-6-15)25-13-14-9-11-20-12-10-14/h5-12,17H,2-4,13H2,1H3,(H,21,22)(H,23,24)/t17-/m0/s1. The van der Waals surface area contributed by atoms with Gasteiger partial charge in [0.2, 0.25) is 0 Å². The maximum Gasteiger partial charge on any atom is 0.326 e. The van der Waals surface area contributed by atoms with Crippen molar-refractivity contribution in [3.63, 3.8) is 0 Å². The number of pyridine rings is 1. The summed E-state index contributed by atoms with van der Waals surface area (Å²) in [4.78, 5) is 27.3. The number of carbonyl (C=O) groups is 2. The van der Waals surface area contributed by atoms with Crippen molar-refractivity contribution in [2.75, 3.05) is 0 Å². The number of hydrogen-bond acceptors (Lipinski definition) is 4. The normalized spacial score (nSPS) is 11.6. The zero-order valence-corrected chi connectivity index (χ0v) is 14.1. The van der Waals surface area contributed by atoms with Gasteiger partial charge in [0.1, 0.15) is 18.4 Å². The summed E-state index contributed by atoms with van der Waals surface area (Å²) in [5.41, 5.74) is 1.40. The molecule has 0 aliphatic carbocycles. The lowest BCUT2D eigenvalue weighted by molar-refractivity contribution is -0.139. The van der Waals surface area contributed by atoms with Crippen LogP contribution in [0.15, 0.2) is 48.8 Å². The van der Waals surface area contributed by atoms with Crippen LogP contribution in [-0.2, 0) is 11.4 Å². The summed E-state index contributed by atoms with van der Waals surface area (Å²) in [6.45, 7) is 2.39. The van der Waals surface area contributed by atoms with Crippen LogP contribution in [0.5, 0.6) is 5.75 Å². The number of rotatable bonds is 9. The highest BCUT2D eigenvalue weighted by molar-refractivity contribution is 5.96. The molecule has 1 atom stereocenters. The molecule has 2 N–H and O–H groups in total. The third-order valence-electron chi connectivity index (χ3n) is 3.72. The van der Waals surface area contributed by atoms with Crippen molar-refractivity contribution in [1.29, 1.82) is 0 Å². The summed E-state index contributed by atoms with van der Waals surface area (Å²) in [5, 5.41) is 11.7. The molecule has 1 amide bonds. The van der Waals surface area contributed by atoms with Crippen LogP contribution in [0.25, 0.3) is 0 Å². The minimum Gasteiger partial charge on any atom is -0.489 e. The van der Waals surface area contributed by atoms with Gasteiger partial charge in [-0.2, -0.15) is 0 Å². The molecule has 2 rings (SSSR count). The lowest BCUT2D eigenvalue weighted by Crippen LogP contribution is -2.40. The fourth-order valence-electron chi connectivity index (χ4n) is 2.26. The van der Waals surface area contributed by atoms with E-state index in [9.17, 15) is 14.7 Å². The van der Waals surface area contributed by atoms with Gasteiger partial charge in [-0.15, -0.1) is 0 Å². The lowest BCUT2D eigenvalue weighted by Gasteiger charge is -2.14. The number of ether oxygens (including phenoxy) is 1. The zero-order valence-electron chi connectivity index (χ0n) is 14.1. The van der Waals surface area contributed by atoms with E-state index in [4.69, 9.17) is 4.74 Å². The van der Waals surface area contributed by atoms with E-state index in [1.807, 2.05) is 19.1 Å². The predicted molar refractivity (Wildman–Crippen MR) is 93.4 cm³/mol. The van der Waals surface area contributed by atoms with E-state index in [1.165, 1.54) is 0 Å². The smallest absolute Gasteiger partial charge is 0.326 e. The minimum atomic E-state index is -1.01. The molecule has 1 heterocycles. The molecule has 0 saturated heterocycles. The van der Waals surface area contributed by atoms with E-state index in [0.29, 0.717) is 24.3 Å². The SMILES string of the molecule is CCCC[C@H](NC(=O)c1ccc(OCc2ccncc2)cc1)C(=O)O. The highest BCUT2D eigenvalue weighted by Gasteiger charge is 2.19. The van der Waals surface area contributed by atoms with Crippen LogP contribution in [0.2, 0.25) is 0 Å². The maximum absolute atomic E-state index is 12.2. The second-order valence-electron chi connectivity index (χ2n) is 5.68. The van der Waals surface area contributed by atoms with Crippen LogP contribution < -0.4 is 10.1 Å². The number of amides is 1. The van der Waals surface area contributed by atoms with E-state index in [-0.39, 0.29) is 0 Å². The number of unbranched alkanes of at least 4 members (excludes halogenated alkanes) is 1. The molecule has 1 aromatic heterocycles. The third kappa shape index (κ3) is 5.91. The molecule has 0 radical (unpaired) electrons. The fraction of sp³-hybridized carbons (Fsp3) is 0.316. The summed E-state index contributed by atoms with van der Waals surface area (Å²) in [7, 11) is 0. The van der Waals surface area contributed by atoms with Gasteiger partial charge in [-0.3, -0.25) is 9.78 Å². The van der Waals surface area contributed by atoms with Crippen molar-refractivity contribution in [1.82, 2.24) is 10.3 Å². The molecule has 0 aliphatic heterocycles. The van der Waals surface area contributed by atoms with Crippen LogP contribution >= 0.6 is 0 Å². The van der Waals surface area contributed by atoms with E-state index >= 15 is 0 Å². The number of aliphatic carboxylic acids is 1. The van der Waals surface area contributed by atoms with E-state index in [1.54, 1.807) is 36.7 Å². The van der Waals surface area contributed by atoms with Crippen molar-refractivity contribution in [3.05, 3.63) is 59.9 Å². The molecule has 0 spiro atoms. The molecule has 2 aromatic rings. The van der Waals surface area contributed by atoms with Crippen LogP contribution in [0.3, 0.4) is 0 Å². The summed E-state index contributed by atoms with van der Waals surface area (Å²) in [6, 6.07) is 9.49. The van der Waals surface area contributed by atoms with Gasteiger partial charge in [-0.25, -0.2) is 4.79 Å². The van der Waals surface area contributed by atoms with Gasteiger partial charge in [-0.1, -0.05) is 19.8 Å². The van der Waals surface area contributed by atoms with Gasteiger partial charge in [0.15, 0.2) is 0 Å². The lowest BCUT2D eigenvalue weighted by atomic mass is 10.1. The Labute approximate surface area is 146 Å². The second kappa shape index (κ2) is 9.42. The Bertz CT molecular complexity index is 686. The topological polar surface area (TPSA) is 88.5 Å². The van der Waals surface area contributed by atoms with Crippen LogP contribution in [0, 0.1) is 0 Å². The number of carbonyl (C=O) groups excluding carboxylic acids is 1. The quantitative estimate of drug-likeness (QED) is 0.731. The number of hydrogen-bond donors (Lipinski definition) is 2. The third-order valence-corrected chi connectivity index (χ3v) is 3.72. The van der Waals surface area contributed by atoms with Crippen LogP contribution in [0.4, 0.5) is 0 Å². The van der Waals surface area contributed by atoms with Gasteiger partial charge >= 0.3 is 5.97 Å². The molecule has 0 aliphatic rings. The van der Waals surface area contributed by atoms with E-state index in [0.717, 1.165) is 18.4 Å². The average Bonchev–Trinajstić information content (AvgIpc) is 2.64. The maximum atomic E-state index is 12.2. The molecular weight excluding hydrogens is 320 g/mol. The van der Waals surface area contributed by atoms with Crippen molar-refractivity contribution in [2.24, 2.45) is 0 Å². The first-order valence-electron chi connectivity index (χ1n) is 8.25. The minimum absolute atomic E-state index is 0.399. The largest absolute Gasteiger partial charge is 0.489 e. The summed E-state index contributed by atoms with van der Waals surface area (Å²) < 4.78 is 5.65. The number of nitrogens with zero attached hydrogens (tertiary/aromatic N) is 1. The zero-order chi connectivity index (χ0) is 18.1. The van der Waals surface area contributed by atoms with E-state index in [2.05, 4.69) is 10.3 Å². The second-order valence-corrected chi connectivity index (χ2v) is 5.68. The molecule has 1 aromatic carbocycles. The van der Waals surface area contributed by atoms with Crippen molar-refractivity contribution >= 4 is 11.9 Å². The fourth-order valence-corrected chi connectivity index (χ4v) is 2.26. The van der Waals surface area contributed by atoms with Gasteiger partial charge in [0.05, 0.1) is 0 Å². The molecular formula is C19H22N2O4. The summed E-state index contributed by atoms with van der Waals surface area (Å²) in [6.07, 6.45) is 5.44. The van der Waals surface area contributed by atoms with Crippen LogP contribution in [0.1, 0.15) is 42.1 Å². The Kier molecular flexibility index (Phi) is 6.95. The van der Waals surface area contributed by atoms with Gasteiger partial charge in [0.25, 0.3) is 5.91 Å². The Morgan fingerprint density at radius 1 is 1.16 bits per heavy atom. The predicted octanol–water partition coefficient (Wildman–Crippen LogP) is 3.03. The van der Waals surface area contributed by atoms with E-state index < -0.39 is 17.9 Å².